The SMILES string of the molecule is Cn1ccc2cc(C(=O)N3CC4(C3)OCCC4CCNC(=O)c3ccncc3)ccc21.O=C(O)C(F)(F)F. The van der Waals surface area contributed by atoms with Gasteiger partial charge in [0.15, 0.2) is 0 Å². The summed E-state index contributed by atoms with van der Waals surface area (Å²) < 4.78 is 39.9. The van der Waals surface area contributed by atoms with Crippen molar-refractivity contribution in [2.45, 2.75) is 24.6 Å². The topological polar surface area (TPSA) is 114 Å². The van der Waals surface area contributed by atoms with Crippen molar-refractivity contribution < 1.29 is 37.4 Å². The molecule has 2 aromatic heterocycles. The van der Waals surface area contributed by atoms with E-state index in [0.717, 1.165) is 23.7 Å². The number of carboxylic acids is 1. The predicted molar refractivity (Wildman–Crippen MR) is 130 cm³/mol. The van der Waals surface area contributed by atoms with Gasteiger partial charge in [0.25, 0.3) is 11.8 Å². The van der Waals surface area contributed by atoms with Crippen LogP contribution in [0, 0.1) is 5.92 Å². The molecule has 1 spiro atoms. The van der Waals surface area contributed by atoms with Gasteiger partial charge in [0, 0.05) is 60.8 Å². The second-order valence-electron chi connectivity index (χ2n) is 9.34. The number of aryl methyl sites for hydroxylation is 1. The Bertz CT molecular complexity index is 1320. The van der Waals surface area contributed by atoms with E-state index in [1.807, 2.05) is 47.0 Å². The van der Waals surface area contributed by atoms with E-state index in [-0.39, 0.29) is 17.4 Å². The fraction of sp³-hybridized carbons (Fsp3) is 0.385. The number of carboxylic acid groups (broad SMARTS) is 1. The molecule has 3 aromatic rings. The van der Waals surface area contributed by atoms with E-state index >= 15 is 0 Å². The van der Waals surface area contributed by atoms with Gasteiger partial charge in [0.2, 0.25) is 0 Å². The lowest BCUT2D eigenvalue weighted by Crippen LogP contribution is -2.66. The Labute approximate surface area is 216 Å². The molecule has 2 aliphatic heterocycles. The first-order valence-electron chi connectivity index (χ1n) is 12.0. The number of aromatic nitrogens is 2. The molecule has 0 bridgehead atoms. The Morgan fingerprint density at radius 2 is 1.82 bits per heavy atom. The van der Waals surface area contributed by atoms with Gasteiger partial charge in [-0.1, -0.05) is 0 Å². The molecule has 202 valence electrons. The van der Waals surface area contributed by atoms with Crippen molar-refractivity contribution in [3.8, 4) is 0 Å². The fourth-order valence-electron chi connectivity index (χ4n) is 4.85. The molecule has 0 radical (unpaired) electrons. The molecule has 2 saturated heterocycles. The average Bonchev–Trinajstić information content (AvgIpc) is 3.46. The Morgan fingerprint density at radius 3 is 2.47 bits per heavy atom. The number of hydrogen-bond acceptors (Lipinski definition) is 5. The molecule has 2 amide bonds. The summed E-state index contributed by atoms with van der Waals surface area (Å²) in [6.45, 7) is 2.53. The van der Waals surface area contributed by atoms with Gasteiger partial charge in [-0.2, -0.15) is 13.2 Å². The van der Waals surface area contributed by atoms with E-state index in [2.05, 4.69) is 10.3 Å². The maximum Gasteiger partial charge on any atom is 0.490 e. The first kappa shape index (κ1) is 27.1. The monoisotopic (exact) mass is 532 g/mol. The number of halogens is 3. The van der Waals surface area contributed by atoms with Crippen LogP contribution in [-0.2, 0) is 16.6 Å². The first-order chi connectivity index (χ1) is 18.0. The smallest absolute Gasteiger partial charge is 0.475 e. The highest BCUT2D eigenvalue weighted by molar-refractivity contribution is 5.98. The number of pyridine rings is 1. The third-order valence-electron chi connectivity index (χ3n) is 6.90. The third kappa shape index (κ3) is 5.80. The molecule has 0 saturated carbocycles. The zero-order chi connectivity index (χ0) is 27.5. The van der Waals surface area contributed by atoms with Crippen LogP contribution in [0.25, 0.3) is 10.9 Å². The number of carbonyl (C=O) groups is 3. The van der Waals surface area contributed by atoms with Gasteiger partial charge in [-0.05, 0) is 55.2 Å². The van der Waals surface area contributed by atoms with Crippen LogP contribution in [0.4, 0.5) is 13.2 Å². The number of amides is 2. The molecular weight excluding hydrogens is 505 g/mol. The van der Waals surface area contributed by atoms with Crippen LogP contribution >= 0.6 is 0 Å². The zero-order valence-corrected chi connectivity index (χ0v) is 20.6. The lowest BCUT2D eigenvalue weighted by atomic mass is 9.78. The average molecular weight is 533 g/mol. The number of nitrogens with one attached hydrogen (secondary N) is 1. The molecule has 38 heavy (non-hydrogen) atoms. The fourth-order valence-corrected chi connectivity index (χ4v) is 4.85. The highest BCUT2D eigenvalue weighted by Crippen LogP contribution is 2.42. The van der Waals surface area contributed by atoms with Crippen molar-refractivity contribution >= 4 is 28.7 Å². The van der Waals surface area contributed by atoms with Crippen LogP contribution in [-0.4, -0.2) is 75.4 Å². The molecule has 2 fully saturated rings. The molecule has 2 N–H and O–H groups in total. The number of ether oxygens (including phenoxy) is 1. The van der Waals surface area contributed by atoms with Gasteiger partial charge in [0.05, 0.1) is 13.1 Å². The second kappa shape index (κ2) is 10.8. The van der Waals surface area contributed by atoms with E-state index in [4.69, 9.17) is 14.6 Å². The van der Waals surface area contributed by atoms with Gasteiger partial charge in [-0.3, -0.25) is 14.6 Å². The minimum atomic E-state index is -5.08. The number of likely N-dealkylation sites (tertiary alicyclic amines) is 1. The van der Waals surface area contributed by atoms with Crippen LogP contribution in [0.5, 0.6) is 0 Å². The summed E-state index contributed by atoms with van der Waals surface area (Å²) in [5, 5.41) is 11.2. The van der Waals surface area contributed by atoms with E-state index < -0.39 is 12.1 Å². The van der Waals surface area contributed by atoms with Crippen LogP contribution in [0.3, 0.4) is 0 Å². The number of hydrogen-bond donors (Lipinski definition) is 2. The molecular formula is C26H27F3N4O5. The number of benzene rings is 1. The molecule has 1 aromatic carbocycles. The molecule has 1 atom stereocenters. The summed E-state index contributed by atoms with van der Waals surface area (Å²) in [5.74, 6) is -2.45. The number of aliphatic carboxylic acids is 1. The Balaban J connectivity index is 0.000000426. The van der Waals surface area contributed by atoms with E-state index in [1.54, 1.807) is 24.5 Å². The van der Waals surface area contributed by atoms with E-state index in [1.165, 1.54) is 0 Å². The quantitative estimate of drug-likeness (QED) is 0.522. The standard InChI is InChI=1S/C24H26N4O3.C2HF3O2/c1-27-12-7-18-14-19(2-3-21(18)27)23(30)28-15-24(16-28)20(8-13-31-24)6-11-26-22(29)17-4-9-25-10-5-17;3-2(4,5)1(6)7/h2-5,7,9-10,12,14,20H,6,8,11,13,15-16H2,1H3,(H,26,29);(H,6,7). The van der Waals surface area contributed by atoms with Crippen molar-refractivity contribution in [3.05, 3.63) is 66.1 Å². The van der Waals surface area contributed by atoms with E-state index in [9.17, 15) is 22.8 Å². The number of fused-ring (bicyclic) bond motifs is 1. The Morgan fingerprint density at radius 1 is 1.13 bits per heavy atom. The maximum absolute atomic E-state index is 13.0. The van der Waals surface area contributed by atoms with Crippen LogP contribution < -0.4 is 5.32 Å². The highest BCUT2D eigenvalue weighted by atomic mass is 19.4. The summed E-state index contributed by atoms with van der Waals surface area (Å²) in [6, 6.07) is 11.3. The summed E-state index contributed by atoms with van der Waals surface area (Å²) in [5.41, 5.74) is 2.17. The number of alkyl halides is 3. The molecule has 0 aliphatic carbocycles. The molecule has 12 heteroatoms. The van der Waals surface area contributed by atoms with Crippen molar-refractivity contribution in [1.29, 1.82) is 0 Å². The van der Waals surface area contributed by atoms with Crippen molar-refractivity contribution in [2.75, 3.05) is 26.2 Å². The van der Waals surface area contributed by atoms with E-state index in [0.29, 0.717) is 43.3 Å². The molecule has 2 aliphatic rings. The molecule has 5 rings (SSSR count). The second-order valence-corrected chi connectivity index (χ2v) is 9.34. The largest absolute Gasteiger partial charge is 0.490 e. The summed E-state index contributed by atoms with van der Waals surface area (Å²) in [6.07, 6.45) is 1.95. The van der Waals surface area contributed by atoms with Gasteiger partial charge < -0.3 is 24.6 Å². The summed E-state index contributed by atoms with van der Waals surface area (Å²) in [7, 11) is 2.00. The van der Waals surface area contributed by atoms with Crippen molar-refractivity contribution in [2.24, 2.45) is 13.0 Å². The minimum absolute atomic E-state index is 0.0524. The van der Waals surface area contributed by atoms with Gasteiger partial charge in [-0.15, -0.1) is 0 Å². The van der Waals surface area contributed by atoms with Crippen LogP contribution in [0.2, 0.25) is 0 Å². The summed E-state index contributed by atoms with van der Waals surface area (Å²) in [4.78, 5) is 39.9. The minimum Gasteiger partial charge on any atom is -0.475 e. The van der Waals surface area contributed by atoms with Gasteiger partial charge in [0.1, 0.15) is 5.60 Å². The Kier molecular flexibility index (Phi) is 7.72. The third-order valence-corrected chi connectivity index (χ3v) is 6.90. The number of nitrogens with zero attached hydrogens (tertiary/aromatic N) is 3. The predicted octanol–water partition coefficient (Wildman–Crippen LogP) is 3.26. The Hall–Kier alpha value is -3.93. The maximum atomic E-state index is 13.0. The van der Waals surface area contributed by atoms with Crippen LogP contribution in [0.1, 0.15) is 33.6 Å². The summed E-state index contributed by atoms with van der Waals surface area (Å²) >= 11 is 0. The molecule has 4 heterocycles. The molecule has 9 nitrogen and oxygen atoms in total. The van der Waals surface area contributed by atoms with Crippen molar-refractivity contribution in [3.63, 3.8) is 0 Å². The van der Waals surface area contributed by atoms with Crippen LogP contribution in [0.15, 0.2) is 55.0 Å². The van der Waals surface area contributed by atoms with Gasteiger partial charge in [-0.25, -0.2) is 4.79 Å². The zero-order valence-electron chi connectivity index (χ0n) is 20.6. The lowest BCUT2D eigenvalue weighted by molar-refractivity contribution is -0.192. The highest BCUT2D eigenvalue weighted by Gasteiger charge is 2.54. The first-order valence-corrected chi connectivity index (χ1v) is 12.0. The van der Waals surface area contributed by atoms with Crippen molar-refractivity contribution in [1.82, 2.24) is 19.8 Å². The number of carbonyl (C=O) groups excluding carboxylic acids is 2. The normalized spacial score (nSPS) is 18.0. The number of rotatable bonds is 5. The van der Waals surface area contributed by atoms with Gasteiger partial charge >= 0.3 is 12.1 Å². The molecule has 1 unspecified atom stereocenters. The lowest BCUT2D eigenvalue weighted by Gasteiger charge is -2.50.